The number of aryl methyl sites for hydroxylation is 1. The number of aliphatic hydroxyl groups is 1. The number of nitrogens with one attached hydrogen (secondary N) is 1. The van der Waals surface area contributed by atoms with Crippen LogP contribution in [0.2, 0.25) is 0 Å². The molecule has 0 saturated carbocycles. The number of allylic oxidation sites excluding steroid dienone is 1. The molecule has 3 aromatic heterocycles. The van der Waals surface area contributed by atoms with Crippen LogP contribution >= 0.6 is 0 Å². The van der Waals surface area contributed by atoms with Crippen molar-refractivity contribution in [2.45, 2.75) is 44.9 Å². The first-order valence-electron chi connectivity index (χ1n) is 13.4. The van der Waals surface area contributed by atoms with E-state index in [1.54, 1.807) is 28.6 Å². The van der Waals surface area contributed by atoms with Gasteiger partial charge in [-0.1, -0.05) is 12.1 Å². The Morgan fingerprint density at radius 1 is 1.18 bits per heavy atom. The van der Waals surface area contributed by atoms with Crippen LogP contribution in [0, 0.1) is 0 Å². The summed E-state index contributed by atoms with van der Waals surface area (Å²) in [6.07, 6.45) is 4.60. The van der Waals surface area contributed by atoms with E-state index in [0.717, 1.165) is 37.3 Å². The molecule has 10 nitrogen and oxygen atoms in total. The van der Waals surface area contributed by atoms with Gasteiger partial charge in [0.25, 0.3) is 5.56 Å². The molecule has 39 heavy (non-hydrogen) atoms. The highest BCUT2D eigenvalue weighted by atomic mass is 16.3. The molecule has 2 aliphatic rings. The fraction of sp³-hybridized carbons (Fsp3) is 0.379. The Bertz CT molecular complexity index is 1600. The summed E-state index contributed by atoms with van der Waals surface area (Å²) in [7, 11) is 2.17. The second-order valence-corrected chi connectivity index (χ2v) is 10.8. The maximum Gasteiger partial charge on any atom is 0.278 e. The van der Waals surface area contributed by atoms with Gasteiger partial charge in [-0.05, 0) is 69.6 Å². The third-order valence-electron chi connectivity index (χ3n) is 8.00. The lowest BCUT2D eigenvalue weighted by Gasteiger charge is -2.39. The summed E-state index contributed by atoms with van der Waals surface area (Å²) >= 11 is 0. The van der Waals surface area contributed by atoms with E-state index >= 15 is 0 Å². The van der Waals surface area contributed by atoms with Crippen molar-refractivity contribution in [1.82, 2.24) is 29.2 Å². The monoisotopic (exact) mass is 526 g/mol. The van der Waals surface area contributed by atoms with Crippen LogP contribution in [0.25, 0.3) is 16.9 Å². The number of benzene rings is 1. The Morgan fingerprint density at radius 3 is 2.72 bits per heavy atom. The van der Waals surface area contributed by atoms with E-state index in [2.05, 4.69) is 52.8 Å². The standard InChI is InChI=1S/C29H34N8O2/c1-5-14-36-27(38)23-17-30-28(31-21-7-9-22(10-8-21)35-16-15-34(4)19(2)18-35)33-26(23)37(36)24-11-6-20-12-13-29(3,39)25(20)32-24/h5-11,17,19,39H,1,12-16,18H2,2-4H3,(H,30,31,33)/t19-,29+/m1/s1. The van der Waals surface area contributed by atoms with Crippen LogP contribution in [0.15, 0.2) is 60.0 Å². The summed E-state index contributed by atoms with van der Waals surface area (Å²) in [4.78, 5) is 32.0. The average Bonchev–Trinajstić information content (AvgIpc) is 3.38. The lowest BCUT2D eigenvalue weighted by Crippen LogP contribution is -2.50. The minimum Gasteiger partial charge on any atom is -0.384 e. The van der Waals surface area contributed by atoms with Crippen molar-refractivity contribution in [3.63, 3.8) is 0 Å². The number of aromatic nitrogens is 5. The normalized spacial score (nSPS) is 21.3. The van der Waals surface area contributed by atoms with E-state index < -0.39 is 5.60 Å². The van der Waals surface area contributed by atoms with Gasteiger partial charge in [0.05, 0.1) is 12.2 Å². The van der Waals surface area contributed by atoms with Crippen LogP contribution in [0.1, 0.15) is 31.5 Å². The van der Waals surface area contributed by atoms with Crippen LogP contribution in [0.5, 0.6) is 0 Å². The van der Waals surface area contributed by atoms with Crippen molar-refractivity contribution < 1.29 is 5.11 Å². The zero-order valence-electron chi connectivity index (χ0n) is 22.6. The highest BCUT2D eigenvalue weighted by Gasteiger charge is 2.34. The predicted octanol–water partition coefficient (Wildman–Crippen LogP) is 3.20. The van der Waals surface area contributed by atoms with Crippen LogP contribution in [0.3, 0.4) is 0 Å². The number of anilines is 3. The van der Waals surface area contributed by atoms with Crippen LogP contribution < -0.4 is 15.8 Å². The zero-order chi connectivity index (χ0) is 27.3. The molecule has 2 atom stereocenters. The first-order valence-corrected chi connectivity index (χ1v) is 13.4. The van der Waals surface area contributed by atoms with Gasteiger partial charge >= 0.3 is 0 Å². The topological polar surface area (TPSA) is 104 Å². The Hall–Kier alpha value is -4.02. The summed E-state index contributed by atoms with van der Waals surface area (Å²) in [6.45, 7) is 11.2. The van der Waals surface area contributed by atoms with Gasteiger partial charge in [0, 0.05) is 43.2 Å². The quantitative estimate of drug-likeness (QED) is 0.369. The van der Waals surface area contributed by atoms with Crippen LogP contribution in [-0.2, 0) is 18.6 Å². The average molecular weight is 527 g/mol. The van der Waals surface area contributed by atoms with E-state index in [0.29, 0.717) is 41.0 Å². The highest BCUT2D eigenvalue weighted by molar-refractivity contribution is 5.77. The summed E-state index contributed by atoms with van der Waals surface area (Å²) in [5.41, 5.74) is 2.90. The van der Waals surface area contributed by atoms with Crippen LogP contribution in [0.4, 0.5) is 17.3 Å². The Balaban J connectivity index is 1.34. The minimum absolute atomic E-state index is 0.226. The van der Waals surface area contributed by atoms with Gasteiger partial charge < -0.3 is 20.2 Å². The lowest BCUT2D eigenvalue weighted by atomic mass is 10.0. The van der Waals surface area contributed by atoms with Gasteiger partial charge in [0.1, 0.15) is 11.0 Å². The van der Waals surface area contributed by atoms with Crippen molar-refractivity contribution in [2.24, 2.45) is 0 Å². The van der Waals surface area contributed by atoms with Gasteiger partial charge in [0.2, 0.25) is 5.95 Å². The molecule has 0 unspecified atom stereocenters. The maximum atomic E-state index is 13.3. The van der Waals surface area contributed by atoms with Crippen molar-refractivity contribution in [3.05, 3.63) is 76.9 Å². The molecule has 2 N–H and O–H groups in total. The van der Waals surface area contributed by atoms with Crippen molar-refractivity contribution in [1.29, 1.82) is 0 Å². The molecule has 1 fully saturated rings. The van der Waals surface area contributed by atoms with Crippen molar-refractivity contribution >= 4 is 28.4 Å². The van der Waals surface area contributed by atoms with E-state index in [1.165, 1.54) is 5.69 Å². The lowest BCUT2D eigenvalue weighted by molar-refractivity contribution is 0.0553. The van der Waals surface area contributed by atoms with Crippen molar-refractivity contribution in [2.75, 3.05) is 36.9 Å². The molecule has 1 saturated heterocycles. The number of piperazine rings is 1. The Morgan fingerprint density at radius 2 is 1.97 bits per heavy atom. The van der Waals surface area contributed by atoms with E-state index in [4.69, 9.17) is 9.97 Å². The van der Waals surface area contributed by atoms with Gasteiger partial charge in [-0.15, -0.1) is 6.58 Å². The van der Waals surface area contributed by atoms with Crippen molar-refractivity contribution in [3.8, 4) is 5.82 Å². The molecule has 0 amide bonds. The molecule has 4 aromatic rings. The summed E-state index contributed by atoms with van der Waals surface area (Å²) in [6, 6.07) is 12.6. The minimum atomic E-state index is -1.01. The molecule has 1 aliphatic heterocycles. The predicted molar refractivity (Wildman–Crippen MR) is 153 cm³/mol. The molecular weight excluding hydrogens is 492 g/mol. The first-order chi connectivity index (χ1) is 18.7. The molecule has 0 spiro atoms. The molecule has 0 radical (unpaired) electrons. The third-order valence-corrected chi connectivity index (χ3v) is 8.00. The Labute approximate surface area is 227 Å². The molecule has 0 bridgehead atoms. The van der Waals surface area contributed by atoms with Gasteiger partial charge in [-0.3, -0.25) is 4.79 Å². The van der Waals surface area contributed by atoms with E-state index in [-0.39, 0.29) is 12.1 Å². The fourth-order valence-corrected chi connectivity index (χ4v) is 5.54. The number of fused-ring (bicyclic) bond motifs is 2. The van der Waals surface area contributed by atoms with Gasteiger partial charge in [-0.2, -0.15) is 4.98 Å². The van der Waals surface area contributed by atoms with E-state index in [1.807, 2.05) is 24.3 Å². The highest BCUT2D eigenvalue weighted by Crippen LogP contribution is 2.35. The molecule has 6 rings (SSSR count). The zero-order valence-corrected chi connectivity index (χ0v) is 22.6. The number of nitrogens with zero attached hydrogens (tertiary/aromatic N) is 7. The molecular formula is C29H34N8O2. The number of rotatable bonds is 6. The van der Waals surface area contributed by atoms with E-state index in [9.17, 15) is 9.90 Å². The summed E-state index contributed by atoms with van der Waals surface area (Å²) in [5, 5.41) is 14.5. The maximum absolute atomic E-state index is 13.3. The van der Waals surface area contributed by atoms with Crippen LogP contribution in [-0.4, -0.2) is 67.0 Å². The molecule has 1 aliphatic carbocycles. The third kappa shape index (κ3) is 4.49. The number of likely N-dealkylation sites (N-methyl/N-ethyl adjacent to an activating group) is 1. The number of hydrogen-bond donors (Lipinski definition) is 2. The largest absolute Gasteiger partial charge is 0.384 e. The second-order valence-electron chi connectivity index (χ2n) is 10.8. The fourth-order valence-electron chi connectivity index (χ4n) is 5.54. The van der Waals surface area contributed by atoms with Gasteiger partial charge in [-0.25, -0.2) is 19.3 Å². The SMILES string of the molecule is C=CCn1c(=O)c2cnc(Nc3ccc(N4CCN(C)[C@H](C)C4)cc3)nc2n1-c1ccc2c(n1)[C@@](C)(O)CC2. The molecule has 202 valence electrons. The molecule has 1 aromatic carbocycles. The van der Waals surface area contributed by atoms with Gasteiger partial charge in [0.15, 0.2) is 11.5 Å². The Kier molecular flexibility index (Phi) is 6.23. The first kappa shape index (κ1) is 25.3. The smallest absolute Gasteiger partial charge is 0.278 e. The number of pyridine rings is 1. The molecule has 4 heterocycles. The number of hydrogen-bond acceptors (Lipinski definition) is 8. The summed E-state index contributed by atoms with van der Waals surface area (Å²) < 4.78 is 3.24. The molecule has 10 heteroatoms. The second kappa shape index (κ2) is 9.62. The summed E-state index contributed by atoms with van der Waals surface area (Å²) in [5.74, 6) is 0.890.